The number of hydrogen-bond donors (Lipinski definition) is 5. The Morgan fingerprint density at radius 2 is 1.51 bits per heavy atom. The Kier molecular flexibility index (Phi) is 14.1. The van der Waals surface area contributed by atoms with Crippen molar-refractivity contribution in [2.24, 2.45) is 0 Å². The topological polar surface area (TPSA) is 182 Å². The molecule has 0 radical (unpaired) electrons. The van der Waals surface area contributed by atoms with Crippen LogP contribution < -0.4 is 27.8 Å². The first-order chi connectivity index (χ1) is 20.4. The van der Waals surface area contributed by atoms with Crippen LogP contribution in [0.4, 0.5) is 13.2 Å². The lowest BCUT2D eigenvalue weighted by molar-refractivity contribution is -0.403. The van der Waals surface area contributed by atoms with Crippen LogP contribution in [0.5, 0.6) is 0 Å². The van der Waals surface area contributed by atoms with Gasteiger partial charge >= 0.3 is 6.18 Å². The number of carbonyl (C=O) groups is 4. The number of hydrogen-bond acceptors (Lipinski definition) is 4. The average Bonchev–Trinajstić information content (AvgIpc) is 2.98. The molecule has 14 heteroatoms. The molecule has 11 N–H and O–H groups in total. The Hall–Kier alpha value is -4.01. The van der Waals surface area contributed by atoms with Crippen LogP contribution in [0, 0.1) is 0 Å². The summed E-state index contributed by atoms with van der Waals surface area (Å²) in [6.45, 7) is 2.05. The molecule has 0 saturated carbocycles. The molecule has 0 spiro atoms. The summed E-state index contributed by atoms with van der Waals surface area (Å²) in [6, 6.07) is 11.4. The average molecular weight is 611 g/mol. The van der Waals surface area contributed by atoms with E-state index in [1.807, 2.05) is 30.3 Å². The van der Waals surface area contributed by atoms with Crippen LogP contribution >= 0.6 is 0 Å². The highest BCUT2D eigenvalue weighted by atomic mass is 19.4. The summed E-state index contributed by atoms with van der Waals surface area (Å²) >= 11 is 0. The molecular formula is C29H43F3N7O4+3. The van der Waals surface area contributed by atoms with E-state index in [9.17, 15) is 32.3 Å². The molecule has 2 aromatic carbocycles. The van der Waals surface area contributed by atoms with Gasteiger partial charge in [0.25, 0.3) is 11.8 Å². The summed E-state index contributed by atoms with van der Waals surface area (Å²) in [6.07, 6.45) is -3.85. The minimum atomic E-state index is -4.51. The zero-order valence-corrected chi connectivity index (χ0v) is 24.5. The summed E-state index contributed by atoms with van der Waals surface area (Å²) < 4.78 is 38.3. The molecule has 0 saturated heterocycles. The van der Waals surface area contributed by atoms with E-state index in [0.717, 1.165) is 29.8 Å². The maximum absolute atomic E-state index is 13.4. The fraction of sp³-hybridized carbons (Fsp3) is 0.448. The summed E-state index contributed by atoms with van der Waals surface area (Å²) in [5, 5.41) is 5.34. The lowest BCUT2D eigenvalue weighted by Gasteiger charge is -2.26. The number of likely N-dealkylation sites (N-methyl/N-ethyl adjacent to an activating group) is 1. The molecule has 0 aromatic heterocycles. The molecule has 0 aliphatic heterocycles. The minimum Gasteiger partial charge on any atom is -0.356 e. The van der Waals surface area contributed by atoms with E-state index >= 15 is 0 Å². The van der Waals surface area contributed by atoms with Gasteiger partial charge in [0.1, 0.15) is 6.04 Å². The van der Waals surface area contributed by atoms with E-state index in [0.29, 0.717) is 32.6 Å². The Bertz CT molecular complexity index is 1190. The van der Waals surface area contributed by atoms with Crippen molar-refractivity contribution in [3.63, 3.8) is 0 Å². The van der Waals surface area contributed by atoms with Gasteiger partial charge in [0.2, 0.25) is 11.8 Å². The Morgan fingerprint density at radius 3 is 2.07 bits per heavy atom. The van der Waals surface area contributed by atoms with E-state index in [1.165, 1.54) is 11.9 Å². The van der Waals surface area contributed by atoms with Gasteiger partial charge in [0.15, 0.2) is 6.04 Å². The van der Waals surface area contributed by atoms with Crippen LogP contribution in [0.1, 0.15) is 34.3 Å². The molecular weight excluding hydrogens is 567 g/mol. The predicted molar refractivity (Wildman–Crippen MR) is 151 cm³/mol. The Morgan fingerprint density at radius 1 is 0.907 bits per heavy atom. The van der Waals surface area contributed by atoms with Crippen molar-refractivity contribution in [2.75, 3.05) is 46.3 Å². The van der Waals surface area contributed by atoms with E-state index in [-0.39, 0.29) is 37.4 Å². The molecule has 11 nitrogen and oxygen atoms in total. The molecule has 2 aromatic rings. The van der Waals surface area contributed by atoms with Crippen LogP contribution in [0.3, 0.4) is 0 Å². The highest BCUT2D eigenvalue weighted by Crippen LogP contribution is 2.29. The number of nitrogens with one attached hydrogen (secondary N) is 2. The van der Waals surface area contributed by atoms with Gasteiger partial charge in [-0.25, -0.2) is 0 Å². The summed E-state index contributed by atoms with van der Waals surface area (Å²) in [7, 11) is 1.52. The van der Waals surface area contributed by atoms with Crippen LogP contribution in [0.25, 0.3) is 0 Å². The summed E-state index contributed by atoms with van der Waals surface area (Å²) in [5.74, 6) is -1.76. The fourth-order valence-electron chi connectivity index (χ4n) is 4.30. The molecule has 43 heavy (non-hydrogen) atoms. The van der Waals surface area contributed by atoms with E-state index in [1.54, 1.807) is 4.90 Å². The van der Waals surface area contributed by atoms with Crippen LogP contribution in [0.15, 0.2) is 54.6 Å². The number of halogens is 3. The standard InChI is InChI=1S/C29H40F3N7O4/c1-38(18-15-36-26(41)21-8-10-22(11-9-21)29(30,31)32)28(43)24(12-7-20-5-3-2-4-6-20)37-27(42)23(35)19-25(40)39(16-13-33)17-14-34/h2-6,8-11,23-24H,7,12-19,33-35H2,1H3,(H,36,41)(H,37,42)/p+3/t23?,24-/m0/s1. The quantitative estimate of drug-likeness (QED) is 0.152. The van der Waals surface area contributed by atoms with Crippen molar-refractivity contribution in [2.45, 2.75) is 37.5 Å². The van der Waals surface area contributed by atoms with Gasteiger partial charge in [0, 0.05) is 25.7 Å². The van der Waals surface area contributed by atoms with Crippen molar-refractivity contribution in [3.8, 4) is 0 Å². The number of amides is 4. The number of alkyl halides is 3. The second kappa shape index (κ2) is 17.2. The lowest BCUT2D eigenvalue weighted by Crippen LogP contribution is -2.70. The zero-order chi connectivity index (χ0) is 32.0. The number of carbonyl (C=O) groups excluding carboxylic acids is 4. The van der Waals surface area contributed by atoms with Gasteiger partial charge in [-0.2, -0.15) is 13.2 Å². The molecule has 0 fully saturated rings. The first kappa shape index (κ1) is 35.2. The number of benzene rings is 2. The zero-order valence-electron chi connectivity index (χ0n) is 24.5. The molecule has 0 bridgehead atoms. The van der Waals surface area contributed by atoms with E-state index < -0.39 is 41.5 Å². The number of rotatable bonds is 16. The fourth-order valence-corrected chi connectivity index (χ4v) is 4.30. The van der Waals surface area contributed by atoms with Crippen molar-refractivity contribution in [1.29, 1.82) is 0 Å². The second-order valence-corrected chi connectivity index (χ2v) is 10.2. The highest BCUT2D eigenvalue weighted by Gasteiger charge is 2.31. The lowest BCUT2D eigenvalue weighted by atomic mass is 10.0. The molecule has 4 amide bonds. The highest BCUT2D eigenvalue weighted by molar-refractivity contribution is 5.94. The SMILES string of the molecule is CN(CCNC(=O)c1ccc(C(F)(F)F)cc1)C(=O)[C@H](CCc1ccccc1)NC(=O)C([NH3+])CC(=O)N(CC[NH3+])CC[NH3+]. The van der Waals surface area contributed by atoms with Crippen molar-refractivity contribution < 1.29 is 49.6 Å². The molecule has 1 unspecified atom stereocenters. The first-order valence-electron chi connectivity index (χ1n) is 14.1. The summed E-state index contributed by atoms with van der Waals surface area (Å²) in [4.78, 5) is 54.5. The molecule has 0 aliphatic carbocycles. The van der Waals surface area contributed by atoms with Crippen molar-refractivity contribution in [1.82, 2.24) is 20.4 Å². The van der Waals surface area contributed by atoms with Gasteiger partial charge in [-0.15, -0.1) is 0 Å². The molecule has 236 valence electrons. The third-order valence-electron chi connectivity index (χ3n) is 6.76. The maximum atomic E-state index is 13.4. The summed E-state index contributed by atoms with van der Waals surface area (Å²) in [5.41, 5.74) is 11.6. The van der Waals surface area contributed by atoms with Crippen LogP contribution in [-0.2, 0) is 27.0 Å². The van der Waals surface area contributed by atoms with Crippen LogP contribution in [-0.4, -0.2) is 91.8 Å². The molecule has 2 atom stereocenters. The van der Waals surface area contributed by atoms with Gasteiger partial charge in [-0.3, -0.25) is 19.2 Å². The van der Waals surface area contributed by atoms with E-state index in [2.05, 4.69) is 27.8 Å². The number of nitrogens with zero attached hydrogens (tertiary/aromatic N) is 2. The van der Waals surface area contributed by atoms with Crippen molar-refractivity contribution >= 4 is 23.6 Å². The largest absolute Gasteiger partial charge is 0.416 e. The van der Waals surface area contributed by atoms with Crippen LogP contribution in [0.2, 0.25) is 0 Å². The van der Waals surface area contributed by atoms with Gasteiger partial charge in [-0.05, 0) is 42.7 Å². The second-order valence-electron chi connectivity index (χ2n) is 10.2. The van der Waals surface area contributed by atoms with Gasteiger partial charge in [0.05, 0.1) is 38.2 Å². The maximum Gasteiger partial charge on any atom is 0.416 e. The van der Waals surface area contributed by atoms with E-state index in [4.69, 9.17) is 0 Å². The smallest absolute Gasteiger partial charge is 0.356 e. The molecule has 2 rings (SSSR count). The predicted octanol–water partition coefficient (Wildman–Crippen LogP) is -1.68. The molecule has 0 heterocycles. The third-order valence-corrected chi connectivity index (χ3v) is 6.76. The third kappa shape index (κ3) is 11.7. The Balaban J connectivity index is 2.01. The first-order valence-corrected chi connectivity index (χ1v) is 14.1. The van der Waals surface area contributed by atoms with Gasteiger partial charge in [-0.1, -0.05) is 30.3 Å². The Labute approximate surface area is 248 Å². The molecule has 0 aliphatic rings. The number of quaternary nitrogens is 3. The number of aryl methyl sites for hydroxylation is 1. The van der Waals surface area contributed by atoms with Gasteiger partial charge < -0.3 is 37.6 Å². The monoisotopic (exact) mass is 610 g/mol. The minimum absolute atomic E-state index is 0.0301. The van der Waals surface area contributed by atoms with Crippen molar-refractivity contribution in [3.05, 3.63) is 71.3 Å². The normalized spacial score (nSPS) is 12.6.